The van der Waals surface area contributed by atoms with Crippen LogP contribution in [0.3, 0.4) is 0 Å². The molecule has 0 saturated carbocycles. The Balaban J connectivity index is 1.46. The molecule has 2 fully saturated rings. The van der Waals surface area contributed by atoms with Gasteiger partial charge in [-0.2, -0.15) is 17.0 Å². The molecular weight excluding hydrogens is 484 g/mol. The van der Waals surface area contributed by atoms with Crippen molar-refractivity contribution < 1.29 is 16.8 Å². The summed E-state index contributed by atoms with van der Waals surface area (Å²) in [6.07, 6.45) is 5.22. The van der Waals surface area contributed by atoms with Crippen molar-refractivity contribution in [2.24, 2.45) is 11.8 Å². The van der Waals surface area contributed by atoms with Crippen molar-refractivity contribution in [3.63, 3.8) is 0 Å². The van der Waals surface area contributed by atoms with Gasteiger partial charge in [0, 0.05) is 52.4 Å². The van der Waals surface area contributed by atoms with Gasteiger partial charge in [0.15, 0.2) is 0 Å². The quantitative estimate of drug-likeness (QED) is 0.499. The van der Waals surface area contributed by atoms with Gasteiger partial charge >= 0.3 is 0 Å². The van der Waals surface area contributed by atoms with Crippen LogP contribution in [0.25, 0.3) is 0 Å². The summed E-state index contributed by atoms with van der Waals surface area (Å²) in [5.41, 5.74) is 4.21. The van der Waals surface area contributed by atoms with E-state index in [1.807, 2.05) is 0 Å². The molecule has 0 bridgehead atoms. The average molecular weight is 527 g/mol. The van der Waals surface area contributed by atoms with Crippen LogP contribution < -0.4 is 4.72 Å². The van der Waals surface area contributed by atoms with Crippen LogP contribution in [0.15, 0.2) is 18.2 Å². The number of fused-ring (bicyclic) bond motifs is 4. The van der Waals surface area contributed by atoms with E-state index in [2.05, 4.69) is 41.7 Å². The Morgan fingerprint density at radius 3 is 2.63 bits per heavy atom. The van der Waals surface area contributed by atoms with E-state index in [0.29, 0.717) is 18.4 Å². The highest BCUT2D eigenvalue weighted by molar-refractivity contribution is 7.89. The molecule has 3 heterocycles. The zero-order valence-electron chi connectivity index (χ0n) is 21.6. The average Bonchev–Trinajstić information content (AvgIpc) is 2.79. The van der Waals surface area contributed by atoms with Gasteiger partial charge in [0.05, 0.1) is 5.75 Å². The number of benzene rings is 1. The second-order valence-corrected chi connectivity index (χ2v) is 15.1. The molecule has 0 unspecified atom stereocenters. The van der Waals surface area contributed by atoms with Crippen LogP contribution in [-0.4, -0.2) is 82.4 Å². The van der Waals surface area contributed by atoms with Crippen molar-refractivity contribution in [1.82, 2.24) is 18.2 Å². The molecule has 1 aromatic rings. The Labute approximate surface area is 212 Å². The van der Waals surface area contributed by atoms with Crippen LogP contribution in [0.5, 0.6) is 0 Å². The van der Waals surface area contributed by atoms with Crippen molar-refractivity contribution >= 4 is 20.2 Å². The smallest absolute Gasteiger partial charge is 0.278 e. The number of nitrogens with one attached hydrogen (secondary N) is 1. The summed E-state index contributed by atoms with van der Waals surface area (Å²) < 4.78 is 55.9. The van der Waals surface area contributed by atoms with Gasteiger partial charge in [-0.05, 0) is 67.1 Å². The van der Waals surface area contributed by atoms with Crippen LogP contribution in [0.4, 0.5) is 0 Å². The third kappa shape index (κ3) is 6.10. The highest BCUT2D eigenvalue weighted by atomic mass is 32.2. The van der Waals surface area contributed by atoms with E-state index in [1.165, 1.54) is 30.8 Å². The van der Waals surface area contributed by atoms with E-state index in [9.17, 15) is 16.8 Å². The number of sulfonamides is 1. The highest BCUT2D eigenvalue weighted by Crippen LogP contribution is 2.43. The fraction of sp³-hybridized carbons (Fsp3) is 0.760. The molecule has 0 aliphatic carbocycles. The molecule has 0 radical (unpaired) electrons. The lowest BCUT2D eigenvalue weighted by Gasteiger charge is -2.51. The van der Waals surface area contributed by atoms with Crippen molar-refractivity contribution in [2.75, 3.05) is 46.0 Å². The van der Waals surface area contributed by atoms with Crippen LogP contribution >= 0.6 is 0 Å². The Morgan fingerprint density at radius 1 is 1.14 bits per heavy atom. The van der Waals surface area contributed by atoms with E-state index < -0.39 is 20.2 Å². The van der Waals surface area contributed by atoms with Crippen molar-refractivity contribution in [3.8, 4) is 0 Å². The first-order valence-electron chi connectivity index (χ1n) is 13.0. The van der Waals surface area contributed by atoms with Gasteiger partial charge < -0.3 is 0 Å². The number of hydrogen-bond donors (Lipinski definition) is 1. The monoisotopic (exact) mass is 526 g/mol. The number of nitrogens with zero attached hydrogens (tertiary/aromatic N) is 3. The summed E-state index contributed by atoms with van der Waals surface area (Å²) >= 11 is 0. The molecule has 0 amide bonds. The first kappa shape index (κ1) is 27.0. The molecule has 1 N–H and O–H groups in total. The van der Waals surface area contributed by atoms with Crippen molar-refractivity contribution in [3.05, 3.63) is 34.9 Å². The topological polar surface area (TPSA) is 90.0 Å². The standard InChI is InChI=1S/C25H42N4O4S2/c1-19(2)15-20-8-9-23-21(16-20)10-13-28-18-22-7-5-12-29(24(22)17-25(23)28)34(30,31)14-6-11-26-35(32,33)27(3)4/h8-9,16,19,22,24-26H,5-7,10-15,17-18H2,1-4H3/t22-,24+,25+/m1/s1. The predicted molar refractivity (Wildman–Crippen MR) is 140 cm³/mol. The second-order valence-electron chi connectivity index (χ2n) is 11.1. The SMILES string of the molecule is CC(C)Cc1ccc2c(c1)CCN1C[C@H]3CCCN(S(=O)(=O)CCCNS(=O)(=O)N(C)C)[C@H]3C[C@@H]21. The lowest BCUT2D eigenvalue weighted by atomic mass is 9.77. The minimum absolute atomic E-state index is 0.0229. The molecule has 198 valence electrons. The summed E-state index contributed by atoms with van der Waals surface area (Å²) in [7, 11) is -4.10. The first-order valence-corrected chi connectivity index (χ1v) is 16.0. The van der Waals surface area contributed by atoms with Gasteiger partial charge in [-0.3, -0.25) is 4.90 Å². The Kier molecular flexibility index (Phi) is 8.30. The van der Waals surface area contributed by atoms with Crippen LogP contribution in [0, 0.1) is 11.8 Å². The molecule has 35 heavy (non-hydrogen) atoms. The Morgan fingerprint density at radius 2 is 1.91 bits per heavy atom. The zero-order valence-corrected chi connectivity index (χ0v) is 23.2. The normalized spacial score (nSPS) is 25.9. The fourth-order valence-electron chi connectivity index (χ4n) is 6.11. The number of hydrogen-bond acceptors (Lipinski definition) is 5. The molecule has 8 nitrogen and oxygen atoms in total. The lowest BCUT2D eigenvalue weighted by molar-refractivity contribution is 0.0220. The Hall–Kier alpha value is -1.04. The summed E-state index contributed by atoms with van der Waals surface area (Å²) in [4.78, 5) is 2.58. The second kappa shape index (κ2) is 10.8. The van der Waals surface area contributed by atoms with Crippen molar-refractivity contribution in [1.29, 1.82) is 0 Å². The van der Waals surface area contributed by atoms with Gasteiger partial charge in [-0.15, -0.1) is 0 Å². The molecule has 1 aromatic carbocycles. The molecular formula is C25H42N4O4S2. The van der Waals surface area contributed by atoms with Gasteiger partial charge in [0.1, 0.15) is 0 Å². The van der Waals surface area contributed by atoms with Crippen LogP contribution in [0.2, 0.25) is 0 Å². The largest absolute Gasteiger partial charge is 0.296 e. The van der Waals surface area contributed by atoms with Crippen LogP contribution in [-0.2, 0) is 33.1 Å². The minimum Gasteiger partial charge on any atom is -0.296 e. The maximum Gasteiger partial charge on any atom is 0.278 e. The lowest BCUT2D eigenvalue weighted by Crippen LogP contribution is -2.57. The van der Waals surface area contributed by atoms with Gasteiger partial charge in [0.25, 0.3) is 10.2 Å². The maximum atomic E-state index is 13.4. The van der Waals surface area contributed by atoms with E-state index in [4.69, 9.17) is 0 Å². The van der Waals surface area contributed by atoms with E-state index >= 15 is 0 Å². The number of piperidine rings is 2. The fourth-order valence-corrected chi connectivity index (χ4v) is 8.60. The summed E-state index contributed by atoms with van der Waals surface area (Å²) in [6, 6.07) is 7.23. The molecule has 2 saturated heterocycles. The van der Waals surface area contributed by atoms with E-state index in [1.54, 1.807) is 4.31 Å². The summed E-state index contributed by atoms with van der Waals surface area (Å²) in [5, 5.41) is 0. The highest BCUT2D eigenvalue weighted by Gasteiger charge is 2.45. The van der Waals surface area contributed by atoms with E-state index in [-0.39, 0.29) is 30.8 Å². The molecule has 0 spiro atoms. The van der Waals surface area contributed by atoms with Crippen molar-refractivity contribution in [2.45, 2.75) is 64.5 Å². The molecule has 10 heteroatoms. The summed E-state index contributed by atoms with van der Waals surface area (Å²) in [6.45, 7) is 7.18. The third-order valence-corrected chi connectivity index (χ3v) is 11.3. The Bertz CT molecular complexity index is 1100. The van der Waals surface area contributed by atoms with Gasteiger partial charge in [-0.1, -0.05) is 32.0 Å². The zero-order chi connectivity index (χ0) is 25.4. The van der Waals surface area contributed by atoms with Gasteiger partial charge in [-0.25, -0.2) is 13.1 Å². The molecule has 0 aromatic heterocycles. The minimum atomic E-state index is -3.54. The number of rotatable bonds is 9. The molecule has 3 atom stereocenters. The molecule has 4 rings (SSSR count). The molecule has 3 aliphatic heterocycles. The first-order chi connectivity index (χ1) is 16.5. The van der Waals surface area contributed by atoms with E-state index in [0.717, 1.165) is 49.5 Å². The maximum absolute atomic E-state index is 13.4. The van der Waals surface area contributed by atoms with Crippen LogP contribution in [0.1, 0.15) is 62.3 Å². The summed E-state index contributed by atoms with van der Waals surface area (Å²) in [5.74, 6) is 0.960. The third-order valence-electron chi connectivity index (χ3n) is 7.82. The van der Waals surface area contributed by atoms with Gasteiger partial charge in [0.2, 0.25) is 10.0 Å². The predicted octanol–water partition coefficient (Wildman–Crippen LogP) is 2.38. The molecule has 3 aliphatic rings.